The normalized spacial score (nSPS) is 17.4. The predicted molar refractivity (Wildman–Crippen MR) is 104 cm³/mol. The highest BCUT2D eigenvalue weighted by atomic mass is 16.5. The Morgan fingerprint density at radius 1 is 1.32 bits per heavy atom. The first-order valence-corrected chi connectivity index (χ1v) is 9.51. The summed E-state index contributed by atoms with van der Waals surface area (Å²) in [4.78, 5) is 22.6. The Balaban J connectivity index is 1.67. The van der Waals surface area contributed by atoms with Crippen LogP contribution in [0.3, 0.4) is 0 Å². The van der Waals surface area contributed by atoms with Gasteiger partial charge in [-0.3, -0.25) is 14.3 Å². The number of carbonyl (C=O) groups excluding carboxylic acids is 1. The van der Waals surface area contributed by atoms with E-state index in [0.29, 0.717) is 35.8 Å². The molecule has 0 spiro atoms. The molecule has 1 amide bonds. The van der Waals surface area contributed by atoms with Gasteiger partial charge in [0.1, 0.15) is 17.9 Å². The van der Waals surface area contributed by atoms with Crippen LogP contribution in [0.25, 0.3) is 10.9 Å². The summed E-state index contributed by atoms with van der Waals surface area (Å²) in [5, 5.41) is 4.26. The summed E-state index contributed by atoms with van der Waals surface area (Å²) in [6.07, 6.45) is 0. The topological polar surface area (TPSA) is 90.2 Å². The van der Waals surface area contributed by atoms with E-state index in [2.05, 4.69) is 20.2 Å². The average Bonchev–Trinajstić information content (AvgIpc) is 3.19. The number of rotatable bonds is 5. The Morgan fingerprint density at radius 3 is 2.89 bits per heavy atom. The van der Waals surface area contributed by atoms with E-state index in [1.165, 1.54) is 6.92 Å². The Kier molecular flexibility index (Phi) is 5.45. The van der Waals surface area contributed by atoms with Gasteiger partial charge in [-0.2, -0.15) is 4.99 Å². The van der Waals surface area contributed by atoms with E-state index in [9.17, 15) is 4.79 Å². The van der Waals surface area contributed by atoms with Crippen molar-refractivity contribution in [3.63, 3.8) is 0 Å². The third-order valence-corrected chi connectivity index (χ3v) is 4.93. The van der Waals surface area contributed by atoms with Gasteiger partial charge < -0.3 is 19.5 Å². The van der Waals surface area contributed by atoms with Gasteiger partial charge in [0.05, 0.1) is 20.3 Å². The molecule has 1 aromatic heterocycles. The zero-order valence-electron chi connectivity index (χ0n) is 16.2. The Labute approximate surface area is 162 Å². The number of hydrogen-bond donors (Lipinski definition) is 1. The standard InChI is InChI=1S/C19H25N5O4/c1-13(25)21-19-22-16-14(18-20-5-6-24(18)19)3-4-15(17(16)26-2)28-12-9-23-7-10-27-11-8-23/h3-4,20H,5-12H2,1-2H3. The van der Waals surface area contributed by atoms with Gasteiger partial charge in [-0.25, -0.2) is 4.98 Å². The number of nitrogens with one attached hydrogen (secondary N) is 1. The van der Waals surface area contributed by atoms with Gasteiger partial charge in [-0.05, 0) is 12.1 Å². The van der Waals surface area contributed by atoms with E-state index >= 15 is 0 Å². The number of carbonyl (C=O) groups is 1. The lowest BCUT2D eigenvalue weighted by atomic mass is 10.2. The molecule has 1 saturated heterocycles. The van der Waals surface area contributed by atoms with Crippen LogP contribution in [-0.2, 0) is 16.1 Å². The minimum atomic E-state index is -0.287. The zero-order valence-corrected chi connectivity index (χ0v) is 16.2. The van der Waals surface area contributed by atoms with E-state index in [1.807, 2.05) is 16.7 Å². The smallest absolute Gasteiger partial charge is 0.245 e. The minimum Gasteiger partial charge on any atom is -0.491 e. The summed E-state index contributed by atoms with van der Waals surface area (Å²) < 4.78 is 18.9. The number of methoxy groups -OCH3 is 1. The second-order valence-corrected chi connectivity index (χ2v) is 6.77. The minimum absolute atomic E-state index is 0.287. The lowest BCUT2D eigenvalue weighted by Gasteiger charge is -2.26. The van der Waals surface area contributed by atoms with Crippen molar-refractivity contribution < 1.29 is 19.0 Å². The van der Waals surface area contributed by atoms with Crippen LogP contribution in [0.1, 0.15) is 6.92 Å². The quantitative estimate of drug-likeness (QED) is 0.805. The highest BCUT2D eigenvalue weighted by Crippen LogP contribution is 2.37. The predicted octanol–water partition coefficient (Wildman–Crippen LogP) is 0.629. The Bertz CT molecular complexity index is 949. The van der Waals surface area contributed by atoms with Crippen LogP contribution in [0.15, 0.2) is 17.1 Å². The first kappa shape index (κ1) is 18.7. The van der Waals surface area contributed by atoms with Crippen molar-refractivity contribution in [3.8, 4) is 11.5 Å². The molecule has 4 rings (SSSR count). The maximum atomic E-state index is 11.6. The Morgan fingerprint density at radius 2 is 2.14 bits per heavy atom. The van der Waals surface area contributed by atoms with Crippen LogP contribution in [0.4, 0.5) is 5.82 Å². The molecule has 9 nitrogen and oxygen atoms in total. The number of benzene rings is 1. The fourth-order valence-electron chi connectivity index (χ4n) is 3.60. The molecule has 2 aliphatic heterocycles. The van der Waals surface area contributed by atoms with E-state index < -0.39 is 0 Å². The number of morpholine rings is 1. The molecule has 2 aliphatic rings. The first-order chi connectivity index (χ1) is 13.7. The molecule has 0 unspecified atom stereocenters. The molecular weight excluding hydrogens is 362 g/mol. The first-order valence-electron chi connectivity index (χ1n) is 9.51. The highest BCUT2D eigenvalue weighted by Gasteiger charge is 2.20. The molecule has 1 fully saturated rings. The molecule has 0 atom stereocenters. The van der Waals surface area contributed by atoms with Crippen molar-refractivity contribution in [2.75, 3.05) is 58.4 Å². The zero-order chi connectivity index (χ0) is 19.5. The molecule has 3 heterocycles. The largest absolute Gasteiger partial charge is 0.491 e. The van der Waals surface area contributed by atoms with Gasteiger partial charge in [0.25, 0.3) is 0 Å². The van der Waals surface area contributed by atoms with Crippen molar-refractivity contribution in [2.24, 2.45) is 4.99 Å². The van der Waals surface area contributed by atoms with Crippen molar-refractivity contribution >= 4 is 22.6 Å². The summed E-state index contributed by atoms with van der Waals surface area (Å²) in [5.74, 6) is 1.79. The molecule has 1 N–H and O–H groups in total. The van der Waals surface area contributed by atoms with Crippen LogP contribution in [0.2, 0.25) is 0 Å². The third kappa shape index (κ3) is 3.67. The third-order valence-electron chi connectivity index (χ3n) is 4.93. The number of fused-ring (bicyclic) bond motifs is 3. The summed E-state index contributed by atoms with van der Waals surface area (Å²) in [6, 6.07) is 3.88. The Hall–Kier alpha value is -2.65. The SMILES string of the molecule is COc1c(OCCN2CCOCC2)ccc2c3n(c(=NC(C)=O)nc12)CCN3. The average molecular weight is 387 g/mol. The number of nitrogens with zero attached hydrogens (tertiary/aromatic N) is 4. The monoisotopic (exact) mass is 387 g/mol. The highest BCUT2D eigenvalue weighted by molar-refractivity contribution is 5.95. The van der Waals surface area contributed by atoms with Crippen molar-refractivity contribution in [1.82, 2.24) is 14.5 Å². The maximum Gasteiger partial charge on any atom is 0.245 e. The molecule has 1 aromatic carbocycles. The lowest BCUT2D eigenvalue weighted by molar-refractivity contribution is -0.116. The lowest BCUT2D eigenvalue weighted by Crippen LogP contribution is -2.38. The second kappa shape index (κ2) is 8.15. The van der Waals surface area contributed by atoms with Crippen molar-refractivity contribution in [1.29, 1.82) is 0 Å². The van der Waals surface area contributed by atoms with Crippen molar-refractivity contribution in [2.45, 2.75) is 13.5 Å². The molecule has 9 heteroatoms. The fourth-order valence-corrected chi connectivity index (χ4v) is 3.60. The number of amides is 1. The van der Waals surface area contributed by atoms with Crippen LogP contribution in [0, 0.1) is 0 Å². The van der Waals surface area contributed by atoms with E-state index in [1.54, 1.807) is 7.11 Å². The summed E-state index contributed by atoms with van der Waals surface area (Å²) in [6.45, 7) is 7.64. The fraction of sp³-hybridized carbons (Fsp3) is 0.526. The molecule has 0 saturated carbocycles. The van der Waals surface area contributed by atoms with Crippen LogP contribution < -0.4 is 20.4 Å². The molecule has 0 radical (unpaired) electrons. The number of hydrogen-bond acceptors (Lipinski definition) is 7. The van der Waals surface area contributed by atoms with E-state index in [0.717, 1.165) is 50.6 Å². The van der Waals surface area contributed by atoms with Crippen LogP contribution in [-0.4, -0.2) is 73.5 Å². The van der Waals surface area contributed by atoms with E-state index in [4.69, 9.17) is 14.2 Å². The molecule has 0 aliphatic carbocycles. The summed E-state index contributed by atoms with van der Waals surface area (Å²) in [7, 11) is 1.60. The van der Waals surface area contributed by atoms with Crippen LogP contribution >= 0.6 is 0 Å². The molecule has 28 heavy (non-hydrogen) atoms. The maximum absolute atomic E-state index is 11.6. The molecule has 150 valence electrons. The number of aromatic nitrogens is 2. The van der Waals surface area contributed by atoms with E-state index in [-0.39, 0.29) is 5.91 Å². The molecule has 2 aromatic rings. The van der Waals surface area contributed by atoms with Crippen molar-refractivity contribution in [3.05, 3.63) is 17.8 Å². The molecular formula is C19H25N5O4. The molecule has 0 bridgehead atoms. The van der Waals surface area contributed by atoms with Gasteiger partial charge in [-0.15, -0.1) is 0 Å². The van der Waals surface area contributed by atoms with Gasteiger partial charge in [0.2, 0.25) is 11.5 Å². The van der Waals surface area contributed by atoms with Gasteiger partial charge >= 0.3 is 0 Å². The number of anilines is 1. The summed E-state index contributed by atoms with van der Waals surface area (Å²) in [5.41, 5.74) is 1.01. The van der Waals surface area contributed by atoms with Gasteiger partial charge in [-0.1, -0.05) is 0 Å². The summed E-state index contributed by atoms with van der Waals surface area (Å²) >= 11 is 0. The second-order valence-electron chi connectivity index (χ2n) is 6.77. The van der Waals surface area contributed by atoms with Gasteiger partial charge in [0, 0.05) is 45.0 Å². The number of ether oxygens (including phenoxy) is 3. The van der Waals surface area contributed by atoms with Gasteiger partial charge in [0.15, 0.2) is 11.5 Å². The van der Waals surface area contributed by atoms with Crippen LogP contribution in [0.5, 0.6) is 11.5 Å².